The molecule has 0 atom stereocenters. The highest BCUT2D eigenvalue weighted by Gasteiger charge is 2.42. The van der Waals surface area contributed by atoms with Crippen molar-refractivity contribution in [3.8, 4) is 0 Å². The van der Waals surface area contributed by atoms with Gasteiger partial charge in [-0.1, -0.05) is 0 Å². The lowest BCUT2D eigenvalue weighted by atomic mass is 9.77. The van der Waals surface area contributed by atoms with Crippen molar-refractivity contribution in [1.29, 1.82) is 0 Å². The summed E-state index contributed by atoms with van der Waals surface area (Å²) < 4.78 is 33.6. The predicted octanol–water partition coefficient (Wildman–Crippen LogP) is 1.97. The second-order valence-corrected chi connectivity index (χ2v) is 8.17. The van der Waals surface area contributed by atoms with Crippen LogP contribution in [0.15, 0.2) is 31.0 Å². The number of likely N-dealkylation sites (tertiary alicyclic amines) is 2. The minimum absolute atomic E-state index is 0.0164. The first-order chi connectivity index (χ1) is 15.1. The number of aryl methyl sites for hydroxylation is 1. The summed E-state index contributed by atoms with van der Waals surface area (Å²) >= 11 is 0. The fraction of sp³-hybridized carbons (Fsp3) is 0.550. The Morgan fingerprint density at radius 1 is 1.12 bits per heavy atom. The molecule has 2 aromatic heterocycles. The quantitative estimate of drug-likeness (QED) is 0.756. The van der Waals surface area contributed by atoms with Gasteiger partial charge < -0.3 is 10.0 Å². The molecule has 0 aromatic carbocycles. The number of amides is 1. The van der Waals surface area contributed by atoms with Crippen molar-refractivity contribution in [3.05, 3.63) is 42.2 Å². The fourth-order valence-corrected chi connectivity index (χ4v) is 4.09. The molecule has 2 aromatic rings. The summed E-state index contributed by atoms with van der Waals surface area (Å²) in [5.41, 5.74) is 2.00. The first-order valence-electron chi connectivity index (χ1n) is 10.1. The topological polar surface area (TPSA) is 104 Å². The van der Waals surface area contributed by atoms with Crippen molar-refractivity contribution < 1.29 is 27.9 Å². The average molecular weight is 454 g/mol. The molecule has 9 nitrogen and oxygen atoms in total. The van der Waals surface area contributed by atoms with Gasteiger partial charge in [-0.15, -0.1) is 0 Å². The molecule has 1 amide bonds. The Morgan fingerprint density at radius 2 is 1.78 bits per heavy atom. The van der Waals surface area contributed by atoms with Crippen LogP contribution in [0.1, 0.15) is 35.3 Å². The van der Waals surface area contributed by atoms with Gasteiger partial charge in [-0.3, -0.25) is 19.4 Å². The number of carbonyl (C=O) groups is 2. The Kier molecular flexibility index (Phi) is 7.12. The third-order valence-corrected chi connectivity index (χ3v) is 5.83. The molecule has 4 heterocycles. The van der Waals surface area contributed by atoms with Gasteiger partial charge in [-0.25, -0.2) is 9.78 Å². The van der Waals surface area contributed by atoms with E-state index in [1.165, 1.54) is 5.56 Å². The van der Waals surface area contributed by atoms with Crippen molar-refractivity contribution in [2.24, 2.45) is 12.5 Å². The van der Waals surface area contributed by atoms with Crippen molar-refractivity contribution in [3.63, 3.8) is 0 Å². The van der Waals surface area contributed by atoms with Gasteiger partial charge in [-0.2, -0.15) is 18.3 Å². The van der Waals surface area contributed by atoms with Crippen LogP contribution in [0.2, 0.25) is 0 Å². The minimum Gasteiger partial charge on any atom is -0.475 e. The molecule has 0 unspecified atom stereocenters. The molecular formula is C20H25F3N6O3. The summed E-state index contributed by atoms with van der Waals surface area (Å²) in [5, 5.41) is 11.4. The number of aromatic nitrogens is 4. The number of carboxylic acids is 1. The maximum Gasteiger partial charge on any atom is 0.490 e. The van der Waals surface area contributed by atoms with Crippen molar-refractivity contribution in [1.82, 2.24) is 29.5 Å². The number of alkyl halides is 3. The molecule has 0 aliphatic carbocycles. The number of nitrogens with zero attached hydrogens (tertiary/aromatic N) is 6. The maximum absolute atomic E-state index is 12.6. The van der Waals surface area contributed by atoms with E-state index in [0.717, 1.165) is 52.0 Å². The number of carbonyl (C=O) groups excluding carboxylic acids is 1. The molecule has 12 heteroatoms. The molecular weight excluding hydrogens is 429 g/mol. The number of halogens is 3. The van der Waals surface area contributed by atoms with Crippen LogP contribution in [0, 0.1) is 5.41 Å². The highest BCUT2D eigenvalue weighted by Crippen LogP contribution is 2.40. The number of hydrogen-bond donors (Lipinski definition) is 1. The standard InChI is InChI=1S/C18H24N6O.C2HF3O2/c1-22-12-15(10-21-22)13-23-7-2-18(3-8-23)4-9-24(14-18)17(25)16-11-19-5-6-20-16;3-2(4,5)1(6)7/h5-6,10-12H,2-4,7-9,13-14H2,1H3;(H,6,7). The molecule has 1 spiro atoms. The van der Waals surface area contributed by atoms with Gasteiger partial charge in [0, 0.05) is 50.8 Å². The van der Waals surface area contributed by atoms with Crippen LogP contribution >= 0.6 is 0 Å². The SMILES string of the molecule is Cn1cc(CN2CCC3(CC2)CCN(C(=O)c2cnccn2)C3)cn1.O=C(O)C(F)(F)F. The van der Waals surface area contributed by atoms with Gasteiger partial charge in [-0.05, 0) is 37.8 Å². The number of hydrogen-bond acceptors (Lipinski definition) is 6. The Labute approximate surface area is 182 Å². The van der Waals surface area contributed by atoms with Crippen molar-refractivity contribution in [2.75, 3.05) is 26.2 Å². The van der Waals surface area contributed by atoms with Gasteiger partial charge >= 0.3 is 12.1 Å². The van der Waals surface area contributed by atoms with Crippen LogP contribution in [0.5, 0.6) is 0 Å². The average Bonchev–Trinajstić information content (AvgIpc) is 3.36. The number of aliphatic carboxylic acids is 1. The van der Waals surface area contributed by atoms with Crippen LogP contribution in [0.3, 0.4) is 0 Å². The summed E-state index contributed by atoms with van der Waals surface area (Å²) in [6.07, 6.45) is 7.08. The summed E-state index contributed by atoms with van der Waals surface area (Å²) in [5.74, 6) is -2.74. The molecule has 174 valence electrons. The van der Waals surface area contributed by atoms with E-state index in [-0.39, 0.29) is 11.3 Å². The molecule has 4 rings (SSSR count). The van der Waals surface area contributed by atoms with Crippen LogP contribution < -0.4 is 0 Å². The molecule has 0 radical (unpaired) electrons. The van der Waals surface area contributed by atoms with Crippen molar-refractivity contribution in [2.45, 2.75) is 32.0 Å². The monoisotopic (exact) mass is 454 g/mol. The summed E-state index contributed by atoms with van der Waals surface area (Å²) in [4.78, 5) is 34.1. The molecule has 2 fully saturated rings. The van der Waals surface area contributed by atoms with E-state index in [4.69, 9.17) is 9.90 Å². The second-order valence-electron chi connectivity index (χ2n) is 8.17. The zero-order chi connectivity index (χ0) is 23.4. The largest absolute Gasteiger partial charge is 0.490 e. The van der Waals surface area contributed by atoms with E-state index < -0.39 is 12.1 Å². The highest BCUT2D eigenvalue weighted by atomic mass is 19.4. The molecule has 1 N–H and O–H groups in total. The van der Waals surface area contributed by atoms with Gasteiger partial charge in [0.15, 0.2) is 0 Å². The van der Waals surface area contributed by atoms with Crippen molar-refractivity contribution >= 4 is 11.9 Å². The van der Waals surface area contributed by atoms with Gasteiger partial charge in [0.1, 0.15) is 5.69 Å². The first-order valence-corrected chi connectivity index (χ1v) is 10.1. The van der Waals surface area contributed by atoms with E-state index in [9.17, 15) is 18.0 Å². The zero-order valence-corrected chi connectivity index (χ0v) is 17.6. The zero-order valence-electron chi connectivity index (χ0n) is 17.6. The van der Waals surface area contributed by atoms with Gasteiger partial charge in [0.05, 0.1) is 12.4 Å². The van der Waals surface area contributed by atoms with Crippen LogP contribution in [0.25, 0.3) is 0 Å². The summed E-state index contributed by atoms with van der Waals surface area (Å²) in [7, 11) is 1.95. The lowest BCUT2D eigenvalue weighted by Crippen LogP contribution is -2.42. The normalized spacial score (nSPS) is 18.3. The molecule has 0 bridgehead atoms. The first kappa shape index (κ1) is 23.6. The lowest BCUT2D eigenvalue weighted by Gasteiger charge is -2.39. The van der Waals surface area contributed by atoms with E-state index in [1.807, 2.05) is 22.8 Å². The van der Waals surface area contributed by atoms with Crippen LogP contribution in [0.4, 0.5) is 13.2 Å². The second kappa shape index (κ2) is 9.63. The minimum atomic E-state index is -5.08. The Balaban J connectivity index is 0.000000360. The number of carboxylic acid groups (broad SMARTS) is 1. The number of rotatable bonds is 3. The van der Waals surface area contributed by atoms with E-state index >= 15 is 0 Å². The van der Waals surface area contributed by atoms with Crippen LogP contribution in [-0.4, -0.2) is 78.9 Å². The summed E-state index contributed by atoms with van der Waals surface area (Å²) in [6.45, 7) is 4.82. The molecule has 2 saturated heterocycles. The molecule has 0 saturated carbocycles. The van der Waals surface area contributed by atoms with Gasteiger partial charge in [0.2, 0.25) is 0 Å². The summed E-state index contributed by atoms with van der Waals surface area (Å²) in [6, 6.07) is 0. The third-order valence-electron chi connectivity index (χ3n) is 5.83. The highest BCUT2D eigenvalue weighted by molar-refractivity contribution is 5.92. The predicted molar refractivity (Wildman–Crippen MR) is 106 cm³/mol. The third kappa shape index (κ3) is 6.02. The molecule has 32 heavy (non-hydrogen) atoms. The van der Waals surface area contributed by atoms with Gasteiger partial charge in [0.25, 0.3) is 5.91 Å². The van der Waals surface area contributed by atoms with E-state index in [0.29, 0.717) is 5.69 Å². The Morgan fingerprint density at radius 3 is 2.31 bits per heavy atom. The smallest absolute Gasteiger partial charge is 0.475 e. The Bertz CT molecular complexity index is 926. The lowest BCUT2D eigenvalue weighted by molar-refractivity contribution is -0.192. The maximum atomic E-state index is 12.6. The Hall–Kier alpha value is -3.02. The number of piperidine rings is 1. The fourth-order valence-electron chi connectivity index (χ4n) is 4.09. The molecule has 2 aliphatic rings. The van der Waals surface area contributed by atoms with E-state index in [2.05, 4.69) is 26.2 Å². The van der Waals surface area contributed by atoms with Crippen LogP contribution in [-0.2, 0) is 18.4 Å². The van der Waals surface area contributed by atoms with E-state index in [1.54, 1.807) is 18.6 Å². The molecule has 2 aliphatic heterocycles.